The van der Waals surface area contributed by atoms with Gasteiger partial charge in [0.25, 0.3) is 0 Å². The van der Waals surface area contributed by atoms with E-state index in [2.05, 4.69) is 296 Å². The second-order valence-electron chi connectivity index (χ2n) is 40.0. The lowest BCUT2D eigenvalue weighted by Gasteiger charge is -2.28. The summed E-state index contributed by atoms with van der Waals surface area (Å²) in [5.74, 6) is 7.91. The summed E-state index contributed by atoms with van der Waals surface area (Å²) in [6, 6.07) is 21.6. The molecule has 2 aromatic rings. The van der Waals surface area contributed by atoms with E-state index in [1.807, 2.05) is 83.1 Å². The third kappa shape index (κ3) is 105. The number of unbranched alkanes of at least 4 members (excludes halogenated alkanes) is 2. The Hall–Kier alpha value is -2.55. The fourth-order valence-electron chi connectivity index (χ4n) is 12.4. The fourth-order valence-corrected chi connectivity index (χ4v) is 12.4. The minimum Gasteiger partial charge on any atom is -0.300 e. The van der Waals surface area contributed by atoms with Gasteiger partial charge in [-0.25, -0.2) is 0 Å². The van der Waals surface area contributed by atoms with Crippen LogP contribution in [0.4, 0.5) is 0 Å². The van der Waals surface area contributed by atoms with Crippen LogP contribution in [-0.2, 0) is 14.4 Å². The van der Waals surface area contributed by atoms with Crippen molar-refractivity contribution in [2.75, 3.05) is 0 Å². The van der Waals surface area contributed by atoms with Gasteiger partial charge in [-0.15, -0.1) is 0 Å². The predicted octanol–water partition coefficient (Wildman–Crippen LogP) is 31.5. The summed E-state index contributed by atoms with van der Waals surface area (Å²) in [6.07, 6.45) is 14.6. The van der Waals surface area contributed by atoms with Crippen LogP contribution >= 0.6 is 0 Å². The lowest BCUT2D eigenvalue weighted by molar-refractivity contribution is -0.134. The van der Waals surface area contributed by atoms with Crippen LogP contribution in [0.25, 0.3) is 0 Å². The number of hydrogen-bond acceptors (Lipinski definition) is 3. The maximum absolute atomic E-state index is 11.5. The van der Waals surface area contributed by atoms with Crippen molar-refractivity contribution in [2.24, 2.45) is 90.7 Å². The first-order valence-electron chi connectivity index (χ1n) is 38.4. The highest BCUT2D eigenvalue weighted by Crippen LogP contribution is 2.34. The van der Waals surface area contributed by atoms with E-state index in [1.54, 1.807) is 0 Å². The maximum Gasteiger partial charge on any atom is 0.143 e. The van der Waals surface area contributed by atoms with Gasteiger partial charge in [-0.3, -0.25) is 14.4 Å². The zero-order valence-corrected chi connectivity index (χ0v) is 73.8. The summed E-state index contributed by atoms with van der Waals surface area (Å²) in [4.78, 5) is 32.5. The number of carbonyl (C=O) groups excluding carboxylic acids is 3. The first-order chi connectivity index (χ1) is 41.7. The molecule has 0 saturated heterocycles. The Kier molecular flexibility index (Phi) is 67.0. The Morgan fingerprint density at radius 2 is 0.489 bits per heavy atom. The normalized spacial score (nSPS) is 12.4. The van der Waals surface area contributed by atoms with Crippen molar-refractivity contribution < 1.29 is 14.4 Å². The largest absolute Gasteiger partial charge is 0.300 e. The van der Waals surface area contributed by atoms with Gasteiger partial charge in [-0.2, -0.15) is 0 Å². The molecule has 3 heteroatoms. The van der Waals surface area contributed by atoms with Crippen molar-refractivity contribution in [1.82, 2.24) is 0 Å². The highest BCUT2D eigenvalue weighted by molar-refractivity contribution is 5.88. The topological polar surface area (TPSA) is 51.2 Å². The molecule has 0 heterocycles. The Bertz CT molecular complexity index is 1720. The molecular formula is C91H182O3. The standard InChI is InChI=1S/C17H20.C9H18O.3C9H20.C7H14O.3C7H16.C5H10O.C5H12/c1-14(16-9-5-3-6-10-16)13-15(2)17-11-7-4-8-12-17;1-8(2,3)7(10)9(4,5)6;3*1-8(2,3)7-9(4,5)6;1-5(2)7(8)6(3)4;3*1-6(2)5-7(3)4;1-3-5(6)4-2;1-3-5-4-2/h3-12,14-15H,13H2,1-2H3;1-6H3;3*7H2,1-6H3;5-6H,1-4H3;3*6-7H,5H2,1-4H3;3-4H2,1-2H3;3-5H2,1-2H3. The van der Waals surface area contributed by atoms with Crippen LogP contribution in [0.3, 0.4) is 0 Å². The van der Waals surface area contributed by atoms with Crippen molar-refractivity contribution in [3.8, 4) is 0 Å². The van der Waals surface area contributed by atoms with Crippen molar-refractivity contribution >= 4 is 17.3 Å². The number of rotatable bonds is 16. The summed E-state index contributed by atoms with van der Waals surface area (Å²) in [7, 11) is 0. The second kappa shape index (κ2) is 57.2. The highest BCUT2D eigenvalue weighted by atomic mass is 16.1. The van der Waals surface area contributed by atoms with E-state index in [0.717, 1.165) is 35.5 Å². The summed E-state index contributed by atoms with van der Waals surface area (Å²) < 4.78 is 0. The molecule has 2 aromatic carbocycles. The van der Waals surface area contributed by atoms with Gasteiger partial charge in [0.15, 0.2) is 0 Å². The number of ketones is 3. The summed E-state index contributed by atoms with van der Waals surface area (Å²) >= 11 is 0. The molecule has 0 saturated carbocycles. The van der Waals surface area contributed by atoms with E-state index in [9.17, 15) is 14.4 Å². The number of carbonyl (C=O) groups is 3. The van der Waals surface area contributed by atoms with Crippen LogP contribution < -0.4 is 0 Å². The molecule has 0 bridgehead atoms. The van der Waals surface area contributed by atoms with Gasteiger partial charge in [0, 0.05) is 35.5 Å². The molecule has 0 aliphatic heterocycles. The van der Waals surface area contributed by atoms with Gasteiger partial charge < -0.3 is 0 Å². The molecule has 0 radical (unpaired) electrons. The Morgan fingerprint density at radius 3 is 0.553 bits per heavy atom. The predicted molar refractivity (Wildman–Crippen MR) is 437 cm³/mol. The molecule has 0 fully saturated rings. The summed E-state index contributed by atoms with van der Waals surface area (Å²) in [6.45, 7) is 101. The Morgan fingerprint density at radius 1 is 0.298 bits per heavy atom. The molecule has 2 rings (SSSR count). The monoisotopic (exact) mass is 1320 g/mol. The molecule has 0 N–H and O–H groups in total. The van der Waals surface area contributed by atoms with Gasteiger partial charge in [0.05, 0.1) is 0 Å². The number of benzene rings is 2. The van der Waals surface area contributed by atoms with Crippen molar-refractivity contribution in [1.29, 1.82) is 0 Å². The number of hydrogen-bond donors (Lipinski definition) is 0. The van der Waals surface area contributed by atoms with Crippen molar-refractivity contribution in [3.05, 3.63) is 71.8 Å². The van der Waals surface area contributed by atoms with E-state index in [-0.39, 0.29) is 22.7 Å². The SMILES string of the molecule is CC(C)(C)C(=O)C(C)(C)C.CC(C)(C)CC(C)(C)C.CC(C)(C)CC(C)(C)C.CC(C)(C)CC(C)(C)C.CC(C)C(=O)C(C)C.CC(C)CC(C)C.CC(C)CC(C)C.CC(C)CC(C)C.CC(CC(C)c1ccccc1)c1ccccc1.CCC(=O)CC.CCCCC. The van der Waals surface area contributed by atoms with Crippen LogP contribution in [0.2, 0.25) is 0 Å². The molecule has 2 unspecified atom stereocenters. The smallest absolute Gasteiger partial charge is 0.143 e. The maximum atomic E-state index is 11.5. The minimum atomic E-state index is -0.196. The van der Waals surface area contributed by atoms with Crippen LogP contribution in [0.1, 0.15) is 419 Å². The van der Waals surface area contributed by atoms with Gasteiger partial charge in [0.2, 0.25) is 0 Å². The van der Waals surface area contributed by atoms with Gasteiger partial charge in [-0.1, -0.05) is 398 Å². The molecule has 0 aliphatic rings. The van der Waals surface area contributed by atoms with Gasteiger partial charge in [-0.05, 0) is 136 Å². The molecule has 0 aliphatic carbocycles. The first kappa shape index (κ1) is 110. The van der Waals surface area contributed by atoms with E-state index in [0.29, 0.717) is 74.5 Å². The third-order valence-corrected chi connectivity index (χ3v) is 13.5. The average Bonchev–Trinajstić information content (AvgIpc) is 0.912. The van der Waals surface area contributed by atoms with Crippen molar-refractivity contribution in [2.45, 2.75) is 407 Å². The average molecular weight is 1320 g/mol. The van der Waals surface area contributed by atoms with Crippen LogP contribution in [-0.4, -0.2) is 17.3 Å². The third-order valence-electron chi connectivity index (χ3n) is 13.5. The fraction of sp³-hybridized carbons (Fsp3) is 0.835. The molecule has 2 atom stereocenters. The van der Waals surface area contributed by atoms with Gasteiger partial charge in [0.1, 0.15) is 17.3 Å². The molecule has 0 amide bonds. The van der Waals surface area contributed by atoms with E-state index < -0.39 is 0 Å². The molecular weight excluding hydrogens is 1140 g/mol. The highest BCUT2D eigenvalue weighted by Gasteiger charge is 2.32. The van der Waals surface area contributed by atoms with Crippen molar-refractivity contribution in [3.63, 3.8) is 0 Å². The Balaban J connectivity index is -0.000000123. The van der Waals surface area contributed by atoms with E-state index in [1.165, 1.54) is 75.3 Å². The zero-order valence-electron chi connectivity index (χ0n) is 73.8. The first-order valence-corrected chi connectivity index (χ1v) is 38.4. The zero-order chi connectivity index (χ0) is 77.2. The lowest BCUT2D eigenvalue weighted by Crippen LogP contribution is -2.32. The lowest BCUT2D eigenvalue weighted by atomic mass is 9.76. The Labute approximate surface area is 598 Å². The van der Waals surface area contributed by atoms with E-state index >= 15 is 0 Å². The van der Waals surface area contributed by atoms with Crippen LogP contribution in [0.5, 0.6) is 0 Å². The molecule has 3 nitrogen and oxygen atoms in total. The molecule has 0 aromatic heterocycles. The molecule has 0 spiro atoms. The summed E-state index contributed by atoms with van der Waals surface area (Å²) in [5, 5.41) is 0. The second-order valence-corrected chi connectivity index (χ2v) is 40.0. The van der Waals surface area contributed by atoms with Gasteiger partial charge >= 0.3 is 0 Å². The number of Topliss-reactive ketones (excluding diaryl/α,β-unsaturated/α-hetero) is 3. The summed E-state index contributed by atoms with van der Waals surface area (Å²) in [5.41, 5.74) is 5.39. The minimum absolute atomic E-state index is 0.196. The molecule has 94 heavy (non-hydrogen) atoms. The van der Waals surface area contributed by atoms with Crippen LogP contribution in [0.15, 0.2) is 60.7 Å². The molecule has 564 valence electrons. The quantitative estimate of drug-likeness (QED) is 0.168. The van der Waals surface area contributed by atoms with Crippen LogP contribution in [0, 0.1) is 90.7 Å². The van der Waals surface area contributed by atoms with E-state index in [4.69, 9.17) is 0 Å².